The molecule has 1 atom stereocenters. The molecule has 0 rings (SSSR count). The average Bonchev–Trinajstić information content (AvgIpc) is 1.65. The van der Waals surface area contributed by atoms with Crippen LogP contribution in [0.3, 0.4) is 0 Å². The van der Waals surface area contributed by atoms with Crippen molar-refractivity contribution in [1.82, 2.24) is 0 Å². The lowest BCUT2D eigenvalue weighted by atomic mass is 10.1. The van der Waals surface area contributed by atoms with Crippen molar-refractivity contribution in [3.8, 4) is 0 Å². The zero-order valence-corrected chi connectivity index (χ0v) is 7.92. The number of carbonyl (C=O) groups excluding carboxylic acids is 1. The third-order valence-electron chi connectivity index (χ3n) is 1.13. The molecule has 0 bridgehead atoms. The Morgan fingerprint density at radius 2 is 2.22 bits per heavy atom. The van der Waals surface area contributed by atoms with Gasteiger partial charge in [0.15, 0.2) is 0 Å². The molecule has 1 nitrogen and oxygen atoms in total. The summed E-state index contributed by atoms with van der Waals surface area (Å²) in [6.45, 7) is 3.80. The molecular weight excluding hydrogens is 203 g/mol. The van der Waals surface area contributed by atoms with Crippen molar-refractivity contribution in [3.63, 3.8) is 0 Å². The zero-order chi connectivity index (χ0) is 7.49. The Morgan fingerprint density at radius 3 is 2.33 bits per heavy atom. The van der Waals surface area contributed by atoms with Crippen LogP contribution in [-0.4, -0.2) is 9.57 Å². The molecule has 0 amide bonds. The van der Waals surface area contributed by atoms with Crippen molar-refractivity contribution < 1.29 is 4.79 Å². The van der Waals surface area contributed by atoms with Crippen LogP contribution in [-0.2, 0) is 4.79 Å². The van der Waals surface area contributed by atoms with Gasteiger partial charge in [0.25, 0.3) is 0 Å². The molecule has 0 aromatic heterocycles. The third-order valence-corrected chi connectivity index (χ3v) is 2.53. The van der Waals surface area contributed by atoms with Crippen LogP contribution in [0.1, 0.15) is 26.7 Å². The molecule has 0 fully saturated rings. The van der Waals surface area contributed by atoms with Gasteiger partial charge in [0, 0.05) is 0 Å². The van der Waals surface area contributed by atoms with Crippen LogP contribution in [0.15, 0.2) is 0 Å². The smallest absolute Gasteiger partial charge is 0.238 e. The second-order valence-electron chi connectivity index (χ2n) is 2.22. The number of carbonyl (C=O) groups is 1. The predicted octanol–water partition coefficient (Wildman–Crippen LogP) is 2.71. The first-order chi connectivity index (χ1) is 4.00. The fourth-order valence-electron chi connectivity index (χ4n) is 0.568. The largest absolute Gasteiger partial charge is 0.280 e. The Balaban J connectivity index is 3.85. The summed E-state index contributed by atoms with van der Waals surface area (Å²) >= 11 is 8.49. The van der Waals surface area contributed by atoms with E-state index in [0.717, 1.165) is 12.8 Å². The molecule has 0 spiro atoms. The van der Waals surface area contributed by atoms with Crippen LogP contribution in [0.4, 0.5) is 0 Å². The van der Waals surface area contributed by atoms with Gasteiger partial charge in [0.2, 0.25) is 5.24 Å². The first kappa shape index (κ1) is 9.44. The summed E-state index contributed by atoms with van der Waals surface area (Å²) in [6.07, 6.45) is 1.75. The van der Waals surface area contributed by atoms with E-state index in [1.807, 2.05) is 6.92 Å². The highest BCUT2D eigenvalue weighted by Crippen LogP contribution is 2.25. The fraction of sp³-hybridized carbons (Fsp3) is 0.833. The Hall–Kier alpha value is 0.440. The minimum atomic E-state index is -0.511. The molecule has 0 N–H and O–H groups in total. The van der Waals surface area contributed by atoms with E-state index in [4.69, 9.17) is 11.6 Å². The Labute approximate surface area is 68.9 Å². The topological polar surface area (TPSA) is 17.1 Å². The standard InChI is InChI=1S/C6H10BrClO/c1-3-4-6(2,7)5(8)9/h3-4H2,1-2H3. The molecule has 0 aromatic rings. The fourth-order valence-corrected chi connectivity index (χ4v) is 1.06. The lowest BCUT2D eigenvalue weighted by molar-refractivity contribution is -0.113. The summed E-state index contributed by atoms with van der Waals surface area (Å²) in [5.74, 6) is 0. The van der Waals surface area contributed by atoms with Crippen LogP contribution < -0.4 is 0 Å². The van der Waals surface area contributed by atoms with Gasteiger partial charge in [-0.25, -0.2) is 0 Å². The average molecular weight is 214 g/mol. The van der Waals surface area contributed by atoms with E-state index in [0.29, 0.717) is 0 Å². The van der Waals surface area contributed by atoms with Crippen molar-refractivity contribution in [2.45, 2.75) is 31.0 Å². The molecule has 9 heavy (non-hydrogen) atoms. The Morgan fingerprint density at radius 1 is 1.78 bits per heavy atom. The molecule has 0 aromatic carbocycles. The van der Waals surface area contributed by atoms with Crippen molar-refractivity contribution in [3.05, 3.63) is 0 Å². The van der Waals surface area contributed by atoms with Gasteiger partial charge in [0.05, 0.1) is 4.32 Å². The van der Waals surface area contributed by atoms with Crippen LogP contribution in [0, 0.1) is 0 Å². The minimum absolute atomic E-state index is 0.315. The zero-order valence-electron chi connectivity index (χ0n) is 5.58. The molecular formula is C6H10BrClO. The van der Waals surface area contributed by atoms with E-state index in [9.17, 15) is 4.79 Å². The Bertz CT molecular complexity index is 112. The van der Waals surface area contributed by atoms with E-state index in [2.05, 4.69) is 15.9 Å². The molecule has 0 saturated carbocycles. The van der Waals surface area contributed by atoms with Crippen molar-refractivity contribution in [1.29, 1.82) is 0 Å². The summed E-state index contributed by atoms with van der Waals surface area (Å²) in [6, 6.07) is 0. The number of hydrogen-bond acceptors (Lipinski definition) is 1. The molecule has 0 aliphatic carbocycles. The summed E-state index contributed by atoms with van der Waals surface area (Å²) < 4.78 is -0.511. The number of alkyl halides is 1. The molecule has 0 radical (unpaired) electrons. The quantitative estimate of drug-likeness (QED) is 0.520. The van der Waals surface area contributed by atoms with Crippen LogP contribution in [0.5, 0.6) is 0 Å². The lowest BCUT2D eigenvalue weighted by Crippen LogP contribution is -2.22. The van der Waals surface area contributed by atoms with Gasteiger partial charge in [-0.3, -0.25) is 4.79 Å². The van der Waals surface area contributed by atoms with Crippen LogP contribution in [0.25, 0.3) is 0 Å². The first-order valence-electron chi connectivity index (χ1n) is 2.89. The van der Waals surface area contributed by atoms with E-state index < -0.39 is 4.32 Å². The molecule has 0 heterocycles. The third kappa shape index (κ3) is 3.21. The lowest BCUT2D eigenvalue weighted by Gasteiger charge is -2.14. The summed E-state index contributed by atoms with van der Waals surface area (Å²) in [5.41, 5.74) is 0. The molecule has 0 saturated heterocycles. The molecule has 54 valence electrons. The molecule has 3 heteroatoms. The van der Waals surface area contributed by atoms with E-state index in [1.54, 1.807) is 6.92 Å². The first-order valence-corrected chi connectivity index (χ1v) is 4.06. The monoisotopic (exact) mass is 212 g/mol. The number of halogens is 2. The van der Waals surface area contributed by atoms with Crippen molar-refractivity contribution in [2.75, 3.05) is 0 Å². The maximum Gasteiger partial charge on any atom is 0.238 e. The van der Waals surface area contributed by atoms with Crippen molar-refractivity contribution in [2.24, 2.45) is 0 Å². The molecule has 0 aliphatic rings. The second kappa shape index (κ2) is 3.57. The summed E-state index contributed by atoms with van der Waals surface area (Å²) in [7, 11) is 0. The van der Waals surface area contributed by atoms with Gasteiger partial charge in [-0.2, -0.15) is 0 Å². The highest BCUT2D eigenvalue weighted by molar-refractivity contribution is 9.10. The van der Waals surface area contributed by atoms with Gasteiger partial charge in [-0.05, 0) is 24.9 Å². The predicted molar refractivity (Wildman–Crippen MR) is 43.1 cm³/mol. The van der Waals surface area contributed by atoms with Crippen LogP contribution in [0.2, 0.25) is 0 Å². The molecule has 0 aliphatic heterocycles. The summed E-state index contributed by atoms with van der Waals surface area (Å²) in [5, 5.41) is -0.315. The maximum atomic E-state index is 10.6. The van der Waals surface area contributed by atoms with E-state index in [1.165, 1.54) is 0 Å². The van der Waals surface area contributed by atoms with Gasteiger partial charge in [-0.15, -0.1) is 0 Å². The van der Waals surface area contributed by atoms with Gasteiger partial charge in [0.1, 0.15) is 0 Å². The highest BCUT2D eigenvalue weighted by atomic mass is 79.9. The van der Waals surface area contributed by atoms with Crippen LogP contribution >= 0.6 is 27.5 Å². The Kier molecular flexibility index (Phi) is 3.74. The SMILES string of the molecule is CCCC(C)(Br)C(=O)Cl. The number of rotatable bonds is 3. The summed E-state index contributed by atoms with van der Waals surface area (Å²) in [4.78, 5) is 10.6. The van der Waals surface area contributed by atoms with Gasteiger partial charge in [-0.1, -0.05) is 29.3 Å². The maximum absolute atomic E-state index is 10.6. The van der Waals surface area contributed by atoms with Gasteiger partial charge < -0.3 is 0 Å². The van der Waals surface area contributed by atoms with E-state index >= 15 is 0 Å². The minimum Gasteiger partial charge on any atom is -0.280 e. The normalized spacial score (nSPS) is 16.9. The van der Waals surface area contributed by atoms with E-state index in [-0.39, 0.29) is 5.24 Å². The second-order valence-corrected chi connectivity index (χ2v) is 4.31. The van der Waals surface area contributed by atoms with Gasteiger partial charge >= 0.3 is 0 Å². The van der Waals surface area contributed by atoms with Crippen molar-refractivity contribution >= 4 is 32.8 Å². The molecule has 1 unspecified atom stereocenters. The number of hydrogen-bond donors (Lipinski definition) is 0. The highest BCUT2D eigenvalue weighted by Gasteiger charge is 2.26.